The van der Waals surface area contributed by atoms with Crippen molar-refractivity contribution in [3.63, 3.8) is 0 Å². The average Bonchev–Trinajstić information content (AvgIpc) is 2.88. The van der Waals surface area contributed by atoms with Gasteiger partial charge in [0.05, 0.1) is 19.3 Å². The first-order valence-electron chi connectivity index (χ1n) is 7.16. The molecule has 1 aliphatic rings. The number of anilines is 1. The largest absolute Gasteiger partial charge is 0.481 e. The first-order chi connectivity index (χ1) is 10.6. The smallest absolute Gasteiger partial charge is 0.229 e. The number of benzene rings is 1. The maximum absolute atomic E-state index is 13.5. The SMILES string of the molecule is COc1cc(C)nc(N2C[C@@H](O)C[C@@H]2c2cccc(F)c2)n1. The van der Waals surface area contributed by atoms with Crippen LogP contribution < -0.4 is 9.64 Å². The maximum atomic E-state index is 13.5. The quantitative estimate of drug-likeness (QED) is 0.942. The number of halogens is 1. The van der Waals surface area contributed by atoms with E-state index in [-0.39, 0.29) is 11.9 Å². The lowest BCUT2D eigenvalue weighted by Gasteiger charge is -2.25. The highest BCUT2D eigenvalue weighted by Gasteiger charge is 2.34. The summed E-state index contributed by atoms with van der Waals surface area (Å²) in [6, 6.07) is 8.01. The van der Waals surface area contributed by atoms with Gasteiger partial charge in [0.1, 0.15) is 5.82 Å². The molecule has 22 heavy (non-hydrogen) atoms. The number of ether oxygens (including phenoxy) is 1. The summed E-state index contributed by atoms with van der Waals surface area (Å²) in [4.78, 5) is 10.7. The highest BCUT2D eigenvalue weighted by atomic mass is 19.1. The van der Waals surface area contributed by atoms with Crippen molar-refractivity contribution in [2.45, 2.75) is 25.5 Å². The Hall–Kier alpha value is -2.21. The summed E-state index contributed by atoms with van der Waals surface area (Å²) in [6.07, 6.45) is 0.0201. The van der Waals surface area contributed by atoms with Gasteiger partial charge in [0.2, 0.25) is 11.8 Å². The average molecular weight is 303 g/mol. The number of aliphatic hydroxyl groups excluding tert-OH is 1. The number of β-amino-alcohol motifs (C(OH)–C–C–N with tert-alkyl or cyclic N) is 1. The second-order valence-corrected chi connectivity index (χ2v) is 5.46. The van der Waals surface area contributed by atoms with Crippen LogP contribution in [0.4, 0.5) is 10.3 Å². The zero-order chi connectivity index (χ0) is 15.7. The van der Waals surface area contributed by atoms with Gasteiger partial charge >= 0.3 is 0 Å². The highest BCUT2D eigenvalue weighted by molar-refractivity contribution is 5.41. The van der Waals surface area contributed by atoms with Crippen molar-refractivity contribution >= 4 is 5.95 Å². The molecule has 1 aromatic carbocycles. The predicted molar refractivity (Wildman–Crippen MR) is 80.4 cm³/mol. The van der Waals surface area contributed by atoms with Crippen molar-refractivity contribution in [3.8, 4) is 5.88 Å². The number of aromatic nitrogens is 2. The highest BCUT2D eigenvalue weighted by Crippen LogP contribution is 2.35. The number of hydrogen-bond acceptors (Lipinski definition) is 5. The van der Waals surface area contributed by atoms with Gasteiger partial charge in [-0.25, -0.2) is 9.37 Å². The van der Waals surface area contributed by atoms with Crippen LogP contribution in [-0.4, -0.2) is 34.8 Å². The third-order valence-corrected chi connectivity index (χ3v) is 3.80. The molecule has 0 radical (unpaired) electrons. The van der Waals surface area contributed by atoms with E-state index in [0.29, 0.717) is 24.8 Å². The number of hydrogen-bond donors (Lipinski definition) is 1. The van der Waals surface area contributed by atoms with Crippen LogP contribution in [0.15, 0.2) is 30.3 Å². The molecule has 0 spiro atoms. The zero-order valence-electron chi connectivity index (χ0n) is 12.5. The van der Waals surface area contributed by atoms with Crippen molar-refractivity contribution < 1.29 is 14.2 Å². The first-order valence-corrected chi connectivity index (χ1v) is 7.16. The van der Waals surface area contributed by atoms with E-state index in [0.717, 1.165) is 11.3 Å². The van der Waals surface area contributed by atoms with Crippen molar-refractivity contribution in [3.05, 3.63) is 47.4 Å². The molecule has 1 N–H and O–H groups in total. The standard InChI is InChI=1S/C16H18FN3O2/c1-10-6-15(22-2)19-16(18-10)20-9-13(21)8-14(20)11-4-3-5-12(17)7-11/h3-7,13-14,21H,8-9H2,1-2H3/t13-,14+/m0/s1. The summed E-state index contributed by atoms with van der Waals surface area (Å²) in [5.74, 6) is 0.672. The molecule has 116 valence electrons. The van der Waals surface area contributed by atoms with E-state index in [9.17, 15) is 9.50 Å². The van der Waals surface area contributed by atoms with E-state index >= 15 is 0 Å². The molecule has 3 rings (SSSR count). The van der Waals surface area contributed by atoms with Gasteiger partial charge in [0.25, 0.3) is 0 Å². The fourth-order valence-electron chi connectivity index (χ4n) is 2.82. The number of nitrogens with zero attached hydrogens (tertiary/aromatic N) is 3. The summed E-state index contributed by atoms with van der Waals surface area (Å²) in [7, 11) is 1.55. The van der Waals surface area contributed by atoms with Crippen LogP contribution in [0.1, 0.15) is 23.7 Å². The van der Waals surface area contributed by atoms with Gasteiger partial charge < -0.3 is 14.7 Å². The van der Waals surface area contributed by atoms with Crippen molar-refractivity contribution in [1.82, 2.24) is 9.97 Å². The number of aryl methyl sites for hydroxylation is 1. The zero-order valence-corrected chi connectivity index (χ0v) is 12.5. The molecular formula is C16H18FN3O2. The van der Waals surface area contributed by atoms with Gasteiger partial charge in [-0.1, -0.05) is 12.1 Å². The van der Waals surface area contributed by atoms with E-state index in [4.69, 9.17) is 4.74 Å². The third-order valence-electron chi connectivity index (χ3n) is 3.80. The minimum atomic E-state index is -0.497. The number of rotatable bonds is 3. The van der Waals surface area contributed by atoms with Gasteiger partial charge in [-0.05, 0) is 31.0 Å². The van der Waals surface area contributed by atoms with E-state index in [2.05, 4.69) is 9.97 Å². The van der Waals surface area contributed by atoms with Crippen LogP contribution >= 0.6 is 0 Å². The molecule has 5 nitrogen and oxygen atoms in total. The van der Waals surface area contributed by atoms with Crippen molar-refractivity contribution in [2.75, 3.05) is 18.6 Å². The lowest BCUT2D eigenvalue weighted by molar-refractivity contribution is 0.194. The molecule has 1 aromatic heterocycles. The van der Waals surface area contributed by atoms with Crippen molar-refractivity contribution in [1.29, 1.82) is 0 Å². The maximum Gasteiger partial charge on any atom is 0.229 e. The van der Waals surface area contributed by atoms with Crippen LogP contribution in [0.5, 0.6) is 5.88 Å². The fourth-order valence-corrected chi connectivity index (χ4v) is 2.82. The van der Waals surface area contributed by atoms with E-state index in [1.807, 2.05) is 17.9 Å². The third kappa shape index (κ3) is 2.87. The molecule has 2 heterocycles. The molecule has 1 fully saturated rings. The van der Waals surface area contributed by atoms with Crippen LogP contribution in [-0.2, 0) is 0 Å². The molecule has 6 heteroatoms. The second kappa shape index (κ2) is 5.88. The topological polar surface area (TPSA) is 58.5 Å². The van der Waals surface area contributed by atoms with E-state index in [1.54, 1.807) is 19.2 Å². The molecule has 0 bridgehead atoms. The first kappa shape index (κ1) is 14.7. The van der Waals surface area contributed by atoms with Gasteiger partial charge in [-0.15, -0.1) is 0 Å². The van der Waals surface area contributed by atoms with E-state index < -0.39 is 6.10 Å². The van der Waals surface area contributed by atoms with Crippen LogP contribution in [0.2, 0.25) is 0 Å². The Kier molecular flexibility index (Phi) is 3.94. The minimum Gasteiger partial charge on any atom is -0.481 e. The summed E-state index contributed by atoms with van der Waals surface area (Å²) in [5.41, 5.74) is 1.59. The predicted octanol–water partition coefficient (Wildman–Crippen LogP) is 2.25. The lowest BCUT2D eigenvalue weighted by Crippen LogP contribution is -2.26. The summed E-state index contributed by atoms with van der Waals surface area (Å²) < 4.78 is 18.7. The monoisotopic (exact) mass is 303 g/mol. The van der Waals surface area contributed by atoms with Crippen LogP contribution in [0.25, 0.3) is 0 Å². The Morgan fingerprint density at radius 3 is 2.86 bits per heavy atom. The summed E-state index contributed by atoms with van der Waals surface area (Å²) >= 11 is 0. The molecule has 0 amide bonds. The number of methoxy groups -OCH3 is 1. The Bertz CT molecular complexity index is 680. The molecule has 2 aromatic rings. The van der Waals surface area contributed by atoms with Gasteiger partial charge in [-0.2, -0.15) is 4.98 Å². The molecular weight excluding hydrogens is 285 g/mol. The Labute approximate surface area is 128 Å². The summed E-state index contributed by atoms with van der Waals surface area (Å²) in [6.45, 7) is 2.27. The van der Waals surface area contributed by atoms with Crippen LogP contribution in [0, 0.1) is 12.7 Å². The number of aliphatic hydroxyl groups is 1. The Balaban J connectivity index is 1.99. The second-order valence-electron chi connectivity index (χ2n) is 5.46. The lowest BCUT2D eigenvalue weighted by atomic mass is 10.0. The van der Waals surface area contributed by atoms with Crippen molar-refractivity contribution in [2.24, 2.45) is 0 Å². The van der Waals surface area contributed by atoms with Gasteiger partial charge in [0, 0.05) is 18.3 Å². The summed E-state index contributed by atoms with van der Waals surface area (Å²) in [5, 5.41) is 10.0. The normalized spacial score (nSPS) is 21.2. The van der Waals surface area contributed by atoms with Gasteiger partial charge in [0.15, 0.2) is 0 Å². The molecule has 2 atom stereocenters. The molecule has 1 saturated heterocycles. The van der Waals surface area contributed by atoms with Crippen LogP contribution in [0.3, 0.4) is 0 Å². The molecule has 0 unspecified atom stereocenters. The molecule has 0 aliphatic carbocycles. The van der Waals surface area contributed by atoms with Gasteiger partial charge in [-0.3, -0.25) is 0 Å². The van der Waals surface area contributed by atoms with E-state index in [1.165, 1.54) is 12.1 Å². The fraction of sp³-hybridized carbons (Fsp3) is 0.375. The Morgan fingerprint density at radius 2 is 2.14 bits per heavy atom. The molecule has 0 saturated carbocycles. The Morgan fingerprint density at radius 1 is 1.32 bits per heavy atom. The minimum absolute atomic E-state index is 0.155. The molecule has 1 aliphatic heterocycles.